The highest BCUT2D eigenvalue weighted by Crippen LogP contribution is 2.33. The van der Waals surface area contributed by atoms with E-state index in [1.54, 1.807) is 7.11 Å². The zero-order valence-electron chi connectivity index (χ0n) is 12.2. The molecule has 1 aromatic carbocycles. The smallest absolute Gasteiger partial charge is 0.127 e. The van der Waals surface area contributed by atoms with Crippen LogP contribution in [0.15, 0.2) is 18.3 Å². The standard InChI is InChI=1S/C15H21N3O/c1-9-6-7-12(15(19-5)10(9)2)14(16)13-8-17-18(4)11(13)3/h6-8,14H,16H2,1-5H3. The van der Waals surface area contributed by atoms with Gasteiger partial charge in [-0.15, -0.1) is 0 Å². The van der Waals surface area contributed by atoms with Gasteiger partial charge in [-0.05, 0) is 31.9 Å². The third-order valence-corrected chi connectivity index (χ3v) is 3.85. The molecule has 2 rings (SSSR count). The largest absolute Gasteiger partial charge is 0.496 e. The second kappa shape index (κ2) is 5.05. The first kappa shape index (κ1) is 13.6. The third kappa shape index (κ3) is 2.24. The van der Waals surface area contributed by atoms with Crippen molar-refractivity contribution in [3.8, 4) is 5.75 Å². The second-order valence-corrected chi connectivity index (χ2v) is 4.92. The van der Waals surface area contributed by atoms with E-state index in [0.29, 0.717) is 0 Å². The van der Waals surface area contributed by atoms with Crippen molar-refractivity contribution in [2.45, 2.75) is 26.8 Å². The number of ether oxygens (including phenoxy) is 1. The van der Waals surface area contributed by atoms with Gasteiger partial charge in [-0.2, -0.15) is 5.10 Å². The zero-order valence-corrected chi connectivity index (χ0v) is 12.2. The normalized spacial score (nSPS) is 12.5. The molecule has 1 aromatic heterocycles. The van der Waals surface area contributed by atoms with Crippen molar-refractivity contribution in [3.05, 3.63) is 46.3 Å². The van der Waals surface area contributed by atoms with Crippen molar-refractivity contribution < 1.29 is 4.74 Å². The molecule has 0 aliphatic heterocycles. The average Bonchev–Trinajstić information content (AvgIpc) is 2.72. The van der Waals surface area contributed by atoms with Crippen molar-refractivity contribution in [3.63, 3.8) is 0 Å². The molecule has 0 aliphatic rings. The van der Waals surface area contributed by atoms with E-state index in [4.69, 9.17) is 10.5 Å². The number of nitrogens with zero attached hydrogens (tertiary/aromatic N) is 2. The molecule has 2 aromatic rings. The summed E-state index contributed by atoms with van der Waals surface area (Å²) in [6.45, 7) is 6.15. The van der Waals surface area contributed by atoms with Crippen LogP contribution in [0.3, 0.4) is 0 Å². The Morgan fingerprint density at radius 3 is 2.42 bits per heavy atom. The van der Waals surface area contributed by atoms with E-state index in [0.717, 1.165) is 28.1 Å². The molecule has 0 radical (unpaired) electrons. The highest BCUT2D eigenvalue weighted by Gasteiger charge is 2.19. The summed E-state index contributed by atoms with van der Waals surface area (Å²) < 4.78 is 7.38. The highest BCUT2D eigenvalue weighted by molar-refractivity contribution is 5.49. The molecule has 0 bridgehead atoms. The number of hydrogen-bond donors (Lipinski definition) is 1. The predicted molar refractivity (Wildman–Crippen MR) is 76.4 cm³/mol. The Hall–Kier alpha value is -1.81. The van der Waals surface area contributed by atoms with Crippen molar-refractivity contribution in [1.29, 1.82) is 0 Å². The highest BCUT2D eigenvalue weighted by atomic mass is 16.5. The molecule has 0 spiro atoms. The molecule has 0 amide bonds. The molecule has 0 saturated heterocycles. The van der Waals surface area contributed by atoms with Crippen molar-refractivity contribution in [1.82, 2.24) is 9.78 Å². The maximum absolute atomic E-state index is 6.39. The van der Waals surface area contributed by atoms with Crippen LogP contribution in [0.2, 0.25) is 0 Å². The van der Waals surface area contributed by atoms with Crippen LogP contribution in [0.4, 0.5) is 0 Å². The van der Waals surface area contributed by atoms with Crippen LogP contribution in [0.25, 0.3) is 0 Å². The Morgan fingerprint density at radius 1 is 1.21 bits per heavy atom. The van der Waals surface area contributed by atoms with Crippen molar-refractivity contribution in [2.24, 2.45) is 12.8 Å². The minimum atomic E-state index is -0.219. The Balaban J connectivity index is 2.53. The van der Waals surface area contributed by atoms with Crippen LogP contribution in [0, 0.1) is 20.8 Å². The van der Waals surface area contributed by atoms with Gasteiger partial charge in [0.25, 0.3) is 0 Å². The summed E-state index contributed by atoms with van der Waals surface area (Å²) in [5, 5.41) is 4.25. The van der Waals surface area contributed by atoms with Crippen LogP contribution in [0.5, 0.6) is 5.75 Å². The summed E-state index contributed by atoms with van der Waals surface area (Å²) in [6, 6.07) is 3.90. The lowest BCUT2D eigenvalue weighted by molar-refractivity contribution is 0.404. The molecule has 4 nitrogen and oxygen atoms in total. The van der Waals surface area contributed by atoms with Crippen LogP contribution in [-0.2, 0) is 7.05 Å². The lowest BCUT2D eigenvalue weighted by atomic mass is 9.95. The fourth-order valence-corrected chi connectivity index (χ4v) is 2.32. The van der Waals surface area contributed by atoms with E-state index in [1.807, 2.05) is 30.9 Å². The Kier molecular flexibility index (Phi) is 3.62. The third-order valence-electron chi connectivity index (χ3n) is 3.85. The van der Waals surface area contributed by atoms with E-state index in [-0.39, 0.29) is 6.04 Å². The van der Waals surface area contributed by atoms with Crippen LogP contribution >= 0.6 is 0 Å². The van der Waals surface area contributed by atoms with E-state index < -0.39 is 0 Å². The number of benzene rings is 1. The van der Waals surface area contributed by atoms with Gasteiger partial charge in [0.2, 0.25) is 0 Å². The van der Waals surface area contributed by atoms with Crippen LogP contribution in [0.1, 0.15) is 34.0 Å². The molecule has 1 atom stereocenters. The van der Waals surface area contributed by atoms with Crippen LogP contribution < -0.4 is 10.5 Å². The fraction of sp³-hybridized carbons (Fsp3) is 0.400. The molecule has 0 fully saturated rings. The van der Waals surface area contributed by atoms with E-state index in [9.17, 15) is 0 Å². The molecule has 102 valence electrons. The summed E-state index contributed by atoms with van der Waals surface area (Å²) in [6.07, 6.45) is 1.83. The van der Waals surface area contributed by atoms with Gasteiger partial charge in [0.15, 0.2) is 0 Å². The van der Waals surface area contributed by atoms with Gasteiger partial charge >= 0.3 is 0 Å². The van der Waals surface area contributed by atoms with E-state index in [1.165, 1.54) is 5.56 Å². The summed E-state index contributed by atoms with van der Waals surface area (Å²) in [5.74, 6) is 0.871. The Bertz CT molecular complexity index is 602. The summed E-state index contributed by atoms with van der Waals surface area (Å²) in [7, 11) is 3.61. The molecule has 2 N–H and O–H groups in total. The average molecular weight is 259 g/mol. The van der Waals surface area contributed by atoms with E-state index in [2.05, 4.69) is 25.0 Å². The first-order valence-corrected chi connectivity index (χ1v) is 6.35. The maximum atomic E-state index is 6.39. The second-order valence-electron chi connectivity index (χ2n) is 4.92. The summed E-state index contributed by atoms with van der Waals surface area (Å²) in [5.41, 5.74) is 11.8. The molecule has 19 heavy (non-hydrogen) atoms. The molecule has 0 saturated carbocycles. The maximum Gasteiger partial charge on any atom is 0.127 e. The number of rotatable bonds is 3. The van der Waals surface area contributed by atoms with Gasteiger partial charge in [0, 0.05) is 23.9 Å². The first-order valence-electron chi connectivity index (χ1n) is 6.35. The quantitative estimate of drug-likeness (QED) is 0.921. The molecular weight excluding hydrogens is 238 g/mol. The lowest BCUT2D eigenvalue weighted by Gasteiger charge is -2.18. The molecule has 1 unspecified atom stereocenters. The molecule has 0 aliphatic carbocycles. The lowest BCUT2D eigenvalue weighted by Crippen LogP contribution is -2.14. The van der Waals surface area contributed by atoms with Gasteiger partial charge in [-0.1, -0.05) is 12.1 Å². The minimum absolute atomic E-state index is 0.219. The zero-order chi connectivity index (χ0) is 14.2. The van der Waals surface area contributed by atoms with Gasteiger partial charge in [0.1, 0.15) is 5.75 Å². The number of nitrogens with two attached hydrogens (primary N) is 1. The number of methoxy groups -OCH3 is 1. The monoisotopic (exact) mass is 259 g/mol. The molecule has 4 heteroatoms. The van der Waals surface area contributed by atoms with Crippen molar-refractivity contribution >= 4 is 0 Å². The Labute approximate surface area is 114 Å². The Morgan fingerprint density at radius 2 is 1.89 bits per heavy atom. The minimum Gasteiger partial charge on any atom is -0.496 e. The molecule has 1 heterocycles. The van der Waals surface area contributed by atoms with Gasteiger partial charge in [-0.25, -0.2) is 0 Å². The van der Waals surface area contributed by atoms with Gasteiger partial charge < -0.3 is 10.5 Å². The SMILES string of the molecule is COc1c(C(N)c2cnn(C)c2C)ccc(C)c1C. The van der Waals surface area contributed by atoms with Gasteiger partial charge in [-0.3, -0.25) is 4.68 Å². The van der Waals surface area contributed by atoms with E-state index >= 15 is 0 Å². The topological polar surface area (TPSA) is 53.1 Å². The number of hydrogen-bond acceptors (Lipinski definition) is 3. The number of aryl methyl sites for hydroxylation is 2. The van der Waals surface area contributed by atoms with Gasteiger partial charge in [0.05, 0.1) is 19.3 Å². The summed E-state index contributed by atoms with van der Waals surface area (Å²) in [4.78, 5) is 0. The molecular formula is C15H21N3O. The van der Waals surface area contributed by atoms with Crippen molar-refractivity contribution in [2.75, 3.05) is 7.11 Å². The summed E-state index contributed by atoms with van der Waals surface area (Å²) >= 11 is 0. The first-order chi connectivity index (χ1) is 8.97. The predicted octanol–water partition coefficient (Wildman–Crippen LogP) is 2.40. The fourth-order valence-electron chi connectivity index (χ4n) is 2.32. The van der Waals surface area contributed by atoms with Crippen LogP contribution in [-0.4, -0.2) is 16.9 Å². The number of aromatic nitrogens is 2.